The van der Waals surface area contributed by atoms with Gasteiger partial charge in [-0.3, -0.25) is 0 Å². The lowest BCUT2D eigenvalue weighted by Gasteiger charge is -2.27. The third-order valence-corrected chi connectivity index (χ3v) is 3.68. The molecule has 0 bridgehead atoms. The van der Waals surface area contributed by atoms with Crippen LogP contribution >= 0.6 is 11.6 Å². The van der Waals surface area contributed by atoms with Gasteiger partial charge in [-0.15, -0.1) is 0 Å². The van der Waals surface area contributed by atoms with Gasteiger partial charge >= 0.3 is 0 Å². The second-order valence-corrected chi connectivity index (χ2v) is 5.33. The zero-order valence-electron chi connectivity index (χ0n) is 11.4. The molecular weight excluding hydrogens is 258 g/mol. The lowest BCUT2D eigenvalue weighted by atomic mass is 9.85. The quantitative estimate of drug-likeness (QED) is 0.923. The van der Waals surface area contributed by atoms with E-state index in [2.05, 4.69) is 19.1 Å². The molecule has 2 N–H and O–H groups in total. The summed E-state index contributed by atoms with van der Waals surface area (Å²) in [6.07, 6.45) is 0. The van der Waals surface area contributed by atoms with Gasteiger partial charge in [-0.05, 0) is 37.1 Å². The molecule has 0 amide bonds. The highest BCUT2D eigenvalue weighted by atomic mass is 35.5. The lowest BCUT2D eigenvalue weighted by molar-refractivity contribution is 0.413. The van der Waals surface area contributed by atoms with Gasteiger partial charge in [0.15, 0.2) is 0 Å². The van der Waals surface area contributed by atoms with Gasteiger partial charge in [-0.1, -0.05) is 47.5 Å². The van der Waals surface area contributed by atoms with Gasteiger partial charge in [0.1, 0.15) is 5.75 Å². The van der Waals surface area contributed by atoms with Gasteiger partial charge in [-0.25, -0.2) is 0 Å². The van der Waals surface area contributed by atoms with Crippen LogP contribution in [0.25, 0.3) is 0 Å². The summed E-state index contributed by atoms with van der Waals surface area (Å²) < 4.78 is 5.25. The van der Waals surface area contributed by atoms with E-state index >= 15 is 0 Å². The monoisotopic (exact) mass is 275 g/mol. The summed E-state index contributed by atoms with van der Waals surface area (Å²) >= 11 is 6.05. The first-order valence-corrected chi connectivity index (χ1v) is 6.53. The molecule has 0 aromatic heterocycles. The van der Waals surface area contributed by atoms with Crippen molar-refractivity contribution < 1.29 is 4.74 Å². The molecule has 0 saturated heterocycles. The molecule has 3 heteroatoms. The van der Waals surface area contributed by atoms with Crippen LogP contribution in [0.1, 0.15) is 23.6 Å². The van der Waals surface area contributed by atoms with E-state index in [9.17, 15) is 0 Å². The molecule has 0 aliphatic carbocycles. The first-order valence-electron chi connectivity index (χ1n) is 6.15. The van der Waals surface area contributed by atoms with Gasteiger partial charge < -0.3 is 10.5 Å². The van der Waals surface area contributed by atoms with Crippen LogP contribution in [0.3, 0.4) is 0 Å². The minimum absolute atomic E-state index is 0.579. The van der Waals surface area contributed by atoms with Crippen molar-refractivity contribution in [2.75, 3.05) is 7.11 Å². The van der Waals surface area contributed by atoms with E-state index in [-0.39, 0.29) is 0 Å². The van der Waals surface area contributed by atoms with Gasteiger partial charge in [-0.2, -0.15) is 0 Å². The Morgan fingerprint density at radius 3 is 2.42 bits per heavy atom. The molecule has 1 unspecified atom stereocenters. The summed E-state index contributed by atoms with van der Waals surface area (Å²) in [7, 11) is 1.60. The van der Waals surface area contributed by atoms with Crippen molar-refractivity contribution in [3.05, 3.63) is 64.2 Å². The average molecular weight is 276 g/mol. The number of hydrogen-bond acceptors (Lipinski definition) is 2. The molecule has 0 aliphatic heterocycles. The summed E-state index contributed by atoms with van der Waals surface area (Å²) in [5.41, 5.74) is 9.15. The number of halogens is 1. The van der Waals surface area contributed by atoms with Crippen LogP contribution in [0.5, 0.6) is 5.75 Å². The lowest BCUT2D eigenvalue weighted by Crippen LogP contribution is -2.34. The molecule has 2 aromatic rings. The van der Waals surface area contributed by atoms with Gasteiger partial charge in [0.05, 0.1) is 17.7 Å². The first-order chi connectivity index (χ1) is 8.95. The predicted molar refractivity (Wildman–Crippen MR) is 79.8 cm³/mol. The van der Waals surface area contributed by atoms with Crippen molar-refractivity contribution in [3.63, 3.8) is 0 Å². The van der Waals surface area contributed by atoms with E-state index in [0.29, 0.717) is 10.8 Å². The SMILES string of the molecule is COc1cc(C(C)(N)c2cccc(C)c2)ccc1Cl. The van der Waals surface area contributed by atoms with Crippen molar-refractivity contribution >= 4 is 11.6 Å². The van der Waals surface area contributed by atoms with E-state index in [0.717, 1.165) is 11.1 Å². The van der Waals surface area contributed by atoms with Crippen LogP contribution in [0.4, 0.5) is 0 Å². The van der Waals surface area contributed by atoms with Gasteiger partial charge in [0, 0.05) is 0 Å². The summed E-state index contributed by atoms with van der Waals surface area (Å²) in [5.74, 6) is 0.642. The van der Waals surface area contributed by atoms with Crippen LogP contribution in [-0.4, -0.2) is 7.11 Å². The Morgan fingerprint density at radius 2 is 1.79 bits per heavy atom. The standard InChI is InChI=1S/C16H18ClNO/c1-11-5-4-6-12(9-11)16(2,18)13-7-8-14(17)15(10-13)19-3/h4-10H,18H2,1-3H3. The average Bonchev–Trinajstić information content (AvgIpc) is 2.39. The number of hydrogen-bond donors (Lipinski definition) is 1. The third kappa shape index (κ3) is 2.75. The van der Waals surface area contributed by atoms with E-state index in [1.54, 1.807) is 7.11 Å². The summed E-state index contributed by atoms with van der Waals surface area (Å²) in [6, 6.07) is 13.9. The maximum absolute atomic E-state index is 6.50. The minimum atomic E-state index is -0.579. The van der Waals surface area contributed by atoms with Crippen LogP contribution < -0.4 is 10.5 Å². The molecule has 0 radical (unpaired) electrons. The zero-order chi connectivity index (χ0) is 14.0. The smallest absolute Gasteiger partial charge is 0.137 e. The largest absolute Gasteiger partial charge is 0.495 e. The zero-order valence-corrected chi connectivity index (χ0v) is 12.2. The second kappa shape index (κ2) is 5.24. The van der Waals surface area contributed by atoms with E-state index < -0.39 is 5.54 Å². The first kappa shape index (κ1) is 13.9. The maximum Gasteiger partial charge on any atom is 0.137 e. The predicted octanol–water partition coefficient (Wildman–Crippen LogP) is 3.88. The molecule has 0 heterocycles. The highest BCUT2D eigenvalue weighted by molar-refractivity contribution is 6.32. The molecule has 0 saturated carbocycles. The number of ether oxygens (including phenoxy) is 1. The number of nitrogens with two attached hydrogens (primary N) is 1. The van der Waals surface area contributed by atoms with Crippen molar-refractivity contribution in [3.8, 4) is 5.75 Å². The Kier molecular flexibility index (Phi) is 3.83. The van der Waals surface area contributed by atoms with E-state index in [1.165, 1.54) is 5.56 Å². The topological polar surface area (TPSA) is 35.2 Å². The maximum atomic E-state index is 6.50. The van der Waals surface area contributed by atoms with Gasteiger partial charge in [0.2, 0.25) is 0 Å². The van der Waals surface area contributed by atoms with Crippen molar-refractivity contribution in [2.24, 2.45) is 5.73 Å². The number of aryl methyl sites for hydroxylation is 1. The van der Waals surface area contributed by atoms with Crippen LogP contribution in [0, 0.1) is 6.92 Å². The molecule has 0 aliphatic rings. The Bertz CT molecular complexity index is 593. The molecule has 1 atom stereocenters. The summed E-state index contributed by atoms with van der Waals surface area (Å²) in [6.45, 7) is 4.05. The van der Waals surface area contributed by atoms with Crippen LogP contribution in [0.15, 0.2) is 42.5 Å². The van der Waals surface area contributed by atoms with Crippen LogP contribution in [-0.2, 0) is 5.54 Å². The highest BCUT2D eigenvalue weighted by Crippen LogP contribution is 2.33. The van der Waals surface area contributed by atoms with Crippen molar-refractivity contribution in [2.45, 2.75) is 19.4 Å². The fourth-order valence-electron chi connectivity index (χ4n) is 2.12. The normalized spacial score (nSPS) is 13.9. The molecular formula is C16H18ClNO. The molecule has 19 heavy (non-hydrogen) atoms. The Hall–Kier alpha value is -1.51. The van der Waals surface area contributed by atoms with E-state index in [4.69, 9.17) is 22.1 Å². The Morgan fingerprint density at radius 1 is 1.11 bits per heavy atom. The fraction of sp³-hybridized carbons (Fsp3) is 0.250. The molecule has 2 nitrogen and oxygen atoms in total. The molecule has 0 spiro atoms. The highest BCUT2D eigenvalue weighted by Gasteiger charge is 2.24. The Balaban J connectivity index is 2.49. The number of methoxy groups -OCH3 is 1. The molecule has 2 rings (SSSR count). The third-order valence-electron chi connectivity index (χ3n) is 3.37. The van der Waals surface area contributed by atoms with Crippen molar-refractivity contribution in [1.29, 1.82) is 0 Å². The summed E-state index contributed by atoms with van der Waals surface area (Å²) in [5, 5.41) is 0.589. The molecule has 0 fully saturated rings. The summed E-state index contributed by atoms with van der Waals surface area (Å²) in [4.78, 5) is 0. The molecule has 2 aromatic carbocycles. The number of rotatable bonds is 3. The molecule has 100 valence electrons. The Labute approximate surface area is 119 Å². The minimum Gasteiger partial charge on any atom is -0.495 e. The van der Waals surface area contributed by atoms with Gasteiger partial charge in [0.25, 0.3) is 0 Å². The number of benzene rings is 2. The second-order valence-electron chi connectivity index (χ2n) is 4.92. The van der Waals surface area contributed by atoms with Crippen molar-refractivity contribution in [1.82, 2.24) is 0 Å². The van der Waals surface area contributed by atoms with E-state index in [1.807, 2.05) is 37.3 Å². The van der Waals surface area contributed by atoms with Crippen LogP contribution in [0.2, 0.25) is 5.02 Å². The fourth-order valence-corrected chi connectivity index (χ4v) is 2.31.